The molecule has 41 heavy (non-hydrogen) atoms. The minimum absolute atomic E-state index is 0.0344. The van der Waals surface area contributed by atoms with Crippen LogP contribution in [0.2, 0.25) is 0 Å². The van der Waals surface area contributed by atoms with E-state index in [1.807, 2.05) is 25.1 Å². The van der Waals surface area contributed by atoms with Crippen LogP contribution in [0.15, 0.2) is 42.6 Å². The lowest BCUT2D eigenvalue weighted by Crippen LogP contribution is -2.28. The molecule has 216 valence electrons. The average Bonchev–Trinajstić information content (AvgIpc) is 3.85. The highest BCUT2D eigenvalue weighted by Gasteiger charge is 2.42. The molecule has 2 heterocycles. The summed E-state index contributed by atoms with van der Waals surface area (Å²) in [6.45, 7) is 1.72. The van der Waals surface area contributed by atoms with Crippen molar-refractivity contribution in [2.45, 2.75) is 64.1 Å². The number of aromatic nitrogens is 5. The molecule has 2 aromatic carbocycles. The van der Waals surface area contributed by atoms with Crippen LogP contribution in [0.5, 0.6) is 0 Å². The van der Waals surface area contributed by atoms with Gasteiger partial charge in [-0.15, -0.1) is 5.10 Å². The molecule has 2 aromatic heterocycles. The van der Waals surface area contributed by atoms with Crippen LogP contribution >= 0.6 is 0 Å². The maximum atomic E-state index is 13.6. The van der Waals surface area contributed by atoms with Crippen molar-refractivity contribution in [1.82, 2.24) is 25.6 Å². The maximum Gasteiger partial charge on any atom is 0.416 e. The minimum atomic E-state index is -4.95. The SMILES string of the molecule is Cc1ccc2ncc(CN(Cc3cc(C(F)(F)F)cc(C(F)(F)F)c3)c3nn[nH]n3)c(NC(C3CC3)C3CC3)c2c1. The molecule has 2 N–H and O–H groups in total. The van der Waals surface area contributed by atoms with Gasteiger partial charge in [-0.3, -0.25) is 4.98 Å². The third-order valence-electron chi connectivity index (χ3n) is 7.67. The van der Waals surface area contributed by atoms with Gasteiger partial charge in [0.2, 0.25) is 0 Å². The summed E-state index contributed by atoms with van der Waals surface area (Å²) in [6, 6.07) is 7.79. The first kappa shape index (κ1) is 27.3. The quantitative estimate of drug-likeness (QED) is 0.211. The molecule has 2 aliphatic rings. The molecule has 0 radical (unpaired) electrons. The Balaban J connectivity index is 1.40. The van der Waals surface area contributed by atoms with E-state index in [2.05, 4.69) is 30.9 Å². The fourth-order valence-corrected chi connectivity index (χ4v) is 5.36. The number of alkyl halides is 6. The zero-order valence-corrected chi connectivity index (χ0v) is 22.0. The van der Waals surface area contributed by atoms with E-state index in [9.17, 15) is 26.3 Å². The van der Waals surface area contributed by atoms with E-state index in [1.54, 1.807) is 6.20 Å². The standard InChI is InChI=1S/C28H27F6N7/c1-15-2-7-23-22(8-15)25(36-24(17-3-4-17)18-5-6-18)19(12-35-23)14-41(26-37-39-40-38-26)13-16-9-20(27(29,30)31)11-21(10-16)28(32,33)34/h2,7-12,17-18,24H,3-6,13-14H2,1H3,(H,35,36)(H,37,38,39,40). The van der Waals surface area contributed by atoms with E-state index in [4.69, 9.17) is 0 Å². The number of halogens is 6. The van der Waals surface area contributed by atoms with Gasteiger partial charge < -0.3 is 10.2 Å². The van der Waals surface area contributed by atoms with Crippen molar-refractivity contribution in [2.24, 2.45) is 11.8 Å². The molecule has 0 amide bonds. The molecule has 2 fully saturated rings. The van der Waals surface area contributed by atoms with Gasteiger partial charge in [0.25, 0.3) is 5.95 Å². The van der Waals surface area contributed by atoms with Gasteiger partial charge in [-0.2, -0.15) is 31.6 Å². The Morgan fingerprint density at radius 3 is 2.15 bits per heavy atom. The number of fused-ring (bicyclic) bond motifs is 1. The van der Waals surface area contributed by atoms with Crippen molar-refractivity contribution >= 4 is 22.5 Å². The number of rotatable bonds is 9. The molecule has 0 saturated heterocycles. The number of H-pyrrole nitrogens is 1. The number of aromatic amines is 1. The van der Waals surface area contributed by atoms with Crippen LogP contribution in [-0.2, 0) is 25.4 Å². The van der Waals surface area contributed by atoms with Gasteiger partial charge >= 0.3 is 12.4 Å². The summed E-state index contributed by atoms with van der Waals surface area (Å²) in [6.07, 6.45) is -3.61. The van der Waals surface area contributed by atoms with E-state index in [0.717, 1.165) is 65.5 Å². The molecular formula is C28H27F6N7. The molecule has 0 atom stereocenters. The first-order valence-electron chi connectivity index (χ1n) is 13.4. The van der Waals surface area contributed by atoms with Crippen molar-refractivity contribution in [3.63, 3.8) is 0 Å². The van der Waals surface area contributed by atoms with E-state index >= 15 is 0 Å². The monoisotopic (exact) mass is 575 g/mol. The number of hydrogen-bond acceptors (Lipinski definition) is 6. The number of nitrogens with zero attached hydrogens (tertiary/aromatic N) is 5. The lowest BCUT2D eigenvalue weighted by Gasteiger charge is -2.26. The molecule has 2 aliphatic carbocycles. The van der Waals surface area contributed by atoms with Gasteiger partial charge in [-0.05, 0) is 85.6 Å². The lowest BCUT2D eigenvalue weighted by molar-refractivity contribution is -0.143. The van der Waals surface area contributed by atoms with E-state index in [0.29, 0.717) is 11.8 Å². The highest BCUT2D eigenvalue weighted by atomic mass is 19.4. The summed E-state index contributed by atoms with van der Waals surface area (Å²) in [5, 5.41) is 18.6. The third kappa shape index (κ3) is 6.08. The van der Waals surface area contributed by atoms with Gasteiger partial charge in [0, 0.05) is 36.3 Å². The number of aryl methyl sites for hydroxylation is 1. The second-order valence-corrected chi connectivity index (χ2v) is 11.0. The Hall–Kier alpha value is -3.90. The summed E-state index contributed by atoms with van der Waals surface area (Å²) < 4.78 is 81.3. The van der Waals surface area contributed by atoms with E-state index in [1.165, 1.54) is 4.90 Å². The maximum absolute atomic E-state index is 13.6. The summed E-state index contributed by atoms with van der Waals surface area (Å²) in [7, 11) is 0. The zero-order valence-electron chi connectivity index (χ0n) is 22.0. The number of pyridine rings is 1. The van der Waals surface area contributed by atoms with Gasteiger partial charge in [-0.25, -0.2) is 0 Å². The molecule has 0 aliphatic heterocycles. The third-order valence-corrected chi connectivity index (χ3v) is 7.67. The number of nitrogens with one attached hydrogen (secondary N) is 2. The van der Waals surface area contributed by atoms with Crippen molar-refractivity contribution in [1.29, 1.82) is 0 Å². The Labute approximate surface area is 231 Å². The first-order valence-corrected chi connectivity index (χ1v) is 13.4. The molecule has 0 spiro atoms. The highest BCUT2D eigenvalue weighted by Crippen LogP contribution is 2.47. The molecule has 7 nitrogen and oxygen atoms in total. The summed E-state index contributed by atoms with van der Waals surface area (Å²) in [5.41, 5.74) is 0.455. The van der Waals surface area contributed by atoms with Crippen molar-refractivity contribution < 1.29 is 26.3 Å². The first-order chi connectivity index (χ1) is 19.5. The largest absolute Gasteiger partial charge is 0.416 e. The van der Waals surface area contributed by atoms with E-state index < -0.39 is 23.5 Å². The summed E-state index contributed by atoms with van der Waals surface area (Å²) in [4.78, 5) is 6.11. The van der Waals surface area contributed by atoms with Crippen LogP contribution in [0, 0.1) is 18.8 Å². The smallest absolute Gasteiger partial charge is 0.381 e. The van der Waals surface area contributed by atoms with E-state index in [-0.39, 0.29) is 36.7 Å². The van der Waals surface area contributed by atoms with Crippen LogP contribution in [0.1, 0.15) is 53.5 Å². The molecule has 0 bridgehead atoms. The normalized spacial score (nSPS) is 16.0. The van der Waals surface area contributed by atoms with Gasteiger partial charge in [-0.1, -0.05) is 16.7 Å². The van der Waals surface area contributed by atoms with Crippen LogP contribution < -0.4 is 10.2 Å². The Morgan fingerprint density at radius 2 is 1.59 bits per heavy atom. The highest BCUT2D eigenvalue weighted by molar-refractivity contribution is 5.93. The van der Waals surface area contributed by atoms with Crippen LogP contribution in [-0.4, -0.2) is 31.6 Å². The number of benzene rings is 2. The van der Waals surface area contributed by atoms with Gasteiger partial charge in [0.1, 0.15) is 0 Å². The second kappa shape index (κ2) is 10.2. The number of hydrogen-bond donors (Lipinski definition) is 2. The van der Waals surface area contributed by atoms with Gasteiger partial charge in [0.05, 0.1) is 22.3 Å². The Morgan fingerprint density at radius 1 is 0.927 bits per heavy atom. The minimum Gasteiger partial charge on any atom is -0.381 e. The zero-order chi connectivity index (χ0) is 28.9. The second-order valence-electron chi connectivity index (χ2n) is 11.0. The topological polar surface area (TPSA) is 82.6 Å². The Bertz CT molecular complexity index is 1500. The molecule has 6 rings (SSSR count). The molecule has 4 aromatic rings. The van der Waals surface area contributed by atoms with Crippen molar-refractivity contribution in [3.05, 3.63) is 70.4 Å². The van der Waals surface area contributed by atoms with Gasteiger partial charge in [0.15, 0.2) is 0 Å². The summed E-state index contributed by atoms with van der Waals surface area (Å²) in [5.74, 6) is 1.18. The fraction of sp³-hybridized carbons (Fsp3) is 0.429. The Kier molecular flexibility index (Phi) is 6.77. The number of tetrazole rings is 1. The predicted molar refractivity (Wildman–Crippen MR) is 140 cm³/mol. The molecule has 13 heteroatoms. The molecule has 0 unspecified atom stereocenters. The average molecular weight is 576 g/mol. The van der Waals surface area contributed by atoms with Crippen LogP contribution in [0.3, 0.4) is 0 Å². The molecular weight excluding hydrogens is 548 g/mol. The summed E-state index contributed by atoms with van der Waals surface area (Å²) >= 11 is 0. The van der Waals surface area contributed by atoms with Crippen molar-refractivity contribution in [2.75, 3.05) is 10.2 Å². The fourth-order valence-electron chi connectivity index (χ4n) is 5.36. The predicted octanol–water partition coefficient (Wildman–Crippen LogP) is 6.90. The number of anilines is 2. The van der Waals surface area contributed by atoms with Crippen LogP contribution in [0.4, 0.5) is 38.0 Å². The van der Waals surface area contributed by atoms with Crippen LogP contribution in [0.25, 0.3) is 10.9 Å². The molecule has 2 saturated carbocycles. The van der Waals surface area contributed by atoms with Crippen molar-refractivity contribution in [3.8, 4) is 0 Å². The lowest BCUT2D eigenvalue weighted by atomic mass is 10.0.